The van der Waals surface area contributed by atoms with Crippen LogP contribution in [0, 0.1) is 5.92 Å². The molecule has 1 fully saturated rings. The first-order chi connectivity index (χ1) is 21.0. The smallest absolute Gasteiger partial charge is 0.127 e. The maximum absolute atomic E-state index is 6.11. The van der Waals surface area contributed by atoms with E-state index in [1.807, 2.05) is 48.5 Å². The Balaban J connectivity index is 1.23. The highest BCUT2D eigenvalue weighted by Gasteiger charge is 2.38. The molecule has 5 aromatic carbocycles. The highest BCUT2D eigenvalue weighted by atomic mass is 16.5. The Hall–Kier alpha value is -4.70. The zero-order chi connectivity index (χ0) is 29.6. The number of nitrogens with two attached hydrogens (primary N) is 2. The van der Waals surface area contributed by atoms with E-state index in [9.17, 15) is 0 Å². The lowest BCUT2D eigenvalue weighted by molar-refractivity contribution is 0.264. The Kier molecular flexibility index (Phi) is 8.37. The summed E-state index contributed by atoms with van der Waals surface area (Å²) in [6.45, 7) is 2.21. The zero-order valence-electron chi connectivity index (χ0n) is 24.8. The van der Waals surface area contributed by atoms with Crippen LogP contribution in [0.5, 0.6) is 23.0 Å². The average molecular weight is 569 g/mol. The van der Waals surface area contributed by atoms with Crippen LogP contribution in [0.1, 0.15) is 54.9 Å². The van der Waals surface area contributed by atoms with Gasteiger partial charge in [-0.05, 0) is 139 Å². The van der Waals surface area contributed by atoms with E-state index in [1.54, 1.807) is 0 Å². The van der Waals surface area contributed by atoms with E-state index in [-0.39, 0.29) is 5.41 Å². The van der Waals surface area contributed by atoms with Crippen LogP contribution in [0.25, 0.3) is 0 Å². The van der Waals surface area contributed by atoms with Gasteiger partial charge in [0.25, 0.3) is 0 Å². The predicted molar refractivity (Wildman–Crippen MR) is 177 cm³/mol. The molecule has 0 atom stereocenters. The van der Waals surface area contributed by atoms with Gasteiger partial charge in [0.2, 0.25) is 0 Å². The van der Waals surface area contributed by atoms with Crippen molar-refractivity contribution in [2.24, 2.45) is 5.92 Å². The van der Waals surface area contributed by atoms with Gasteiger partial charge in [0.15, 0.2) is 0 Å². The van der Waals surface area contributed by atoms with Gasteiger partial charge in [0, 0.05) is 16.8 Å². The Morgan fingerprint density at radius 1 is 0.535 bits per heavy atom. The van der Waals surface area contributed by atoms with Crippen molar-refractivity contribution in [2.75, 3.05) is 11.5 Å². The van der Waals surface area contributed by atoms with Crippen LogP contribution in [-0.2, 0) is 18.3 Å². The third-order valence-corrected chi connectivity index (χ3v) is 8.96. The number of aryl methyl sites for hydroxylation is 1. The largest absolute Gasteiger partial charge is 0.457 e. The van der Waals surface area contributed by atoms with Crippen LogP contribution in [0.4, 0.5) is 11.4 Å². The highest BCUT2D eigenvalue weighted by molar-refractivity contribution is 5.47. The molecule has 0 aromatic heterocycles. The molecule has 4 N–H and O–H groups in total. The van der Waals surface area contributed by atoms with E-state index in [4.69, 9.17) is 20.9 Å². The predicted octanol–water partition coefficient (Wildman–Crippen LogP) is 9.72. The van der Waals surface area contributed by atoms with Gasteiger partial charge in [-0.1, -0.05) is 55.5 Å². The number of anilines is 2. The van der Waals surface area contributed by atoms with Crippen LogP contribution in [0.3, 0.4) is 0 Å². The minimum atomic E-state index is -0.0674. The summed E-state index contributed by atoms with van der Waals surface area (Å²) in [5, 5.41) is 0. The second-order valence-corrected chi connectivity index (χ2v) is 11.8. The van der Waals surface area contributed by atoms with Crippen molar-refractivity contribution in [3.05, 3.63) is 144 Å². The molecule has 0 bridgehead atoms. The van der Waals surface area contributed by atoms with Crippen LogP contribution in [0.2, 0.25) is 0 Å². The number of ether oxygens (including phenoxy) is 2. The second kappa shape index (κ2) is 12.7. The molecule has 0 radical (unpaired) electrons. The van der Waals surface area contributed by atoms with Gasteiger partial charge in [-0.25, -0.2) is 0 Å². The summed E-state index contributed by atoms with van der Waals surface area (Å²) in [5.74, 6) is 3.88. The van der Waals surface area contributed by atoms with Crippen LogP contribution < -0.4 is 20.9 Å². The minimum Gasteiger partial charge on any atom is -0.457 e. The third-order valence-electron chi connectivity index (χ3n) is 8.96. The topological polar surface area (TPSA) is 70.5 Å². The first-order valence-corrected chi connectivity index (χ1v) is 15.3. The normalized spacial score (nSPS) is 14.7. The van der Waals surface area contributed by atoms with Crippen molar-refractivity contribution >= 4 is 11.4 Å². The molecule has 1 saturated carbocycles. The van der Waals surface area contributed by atoms with Crippen molar-refractivity contribution in [1.29, 1.82) is 0 Å². The van der Waals surface area contributed by atoms with E-state index in [2.05, 4.69) is 79.7 Å². The van der Waals surface area contributed by atoms with Crippen molar-refractivity contribution in [3.63, 3.8) is 0 Å². The summed E-state index contributed by atoms with van der Waals surface area (Å²) in [6.07, 6.45) is 6.79. The fraction of sp³-hybridized carbons (Fsp3) is 0.231. The monoisotopic (exact) mass is 568 g/mol. The van der Waals surface area contributed by atoms with Crippen molar-refractivity contribution < 1.29 is 9.47 Å². The van der Waals surface area contributed by atoms with Gasteiger partial charge in [-0.2, -0.15) is 0 Å². The molecule has 4 nitrogen and oxygen atoms in total. The van der Waals surface area contributed by atoms with Gasteiger partial charge in [0.05, 0.1) is 0 Å². The second-order valence-electron chi connectivity index (χ2n) is 11.8. The van der Waals surface area contributed by atoms with Gasteiger partial charge in [0.1, 0.15) is 23.0 Å². The van der Waals surface area contributed by atoms with Crippen molar-refractivity contribution in [1.82, 2.24) is 0 Å². The molecule has 0 spiro atoms. The van der Waals surface area contributed by atoms with Gasteiger partial charge in [-0.15, -0.1) is 0 Å². The molecule has 43 heavy (non-hydrogen) atoms. The molecule has 1 aliphatic rings. The first kappa shape index (κ1) is 28.4. The summed E-state index contributed by atoms with van der Waals surface area (Å²) < 4.78 is 12.2. The Morgan fingerprint density at radius 2 is 0.907 bits per heavy atom. The Bertz CT molecular complexity index is 1510. The summed E-state index contributed by atoms with van der Waals surface area (Å²) in [7, 11) is 0. The molecule has 4 heteroatoms. The van der Waals surface area contributed by atoms with E-state index in [0.29, 0.717) is 5.92 Å². The summed E-state index contributed by atoms with van der Waals surface area (Å²) in [5.41, 5.74) is 18.6. The average Bonchev–Trinajstić information content (AvgIpc) is 3.05. The van der Waals surface area contributed by atoms with Gasteiger partial charge < -0.3 is 20.9 Å². The quantitative estimate of drug-likeness (QED) is 0.174. The van der Waals surface area contributed by atoms with E-state index >= 15 is 0 Å². The molecule has 0 heterocycles. The zero-order valence-corrected chi connectivity index (χ0v) is 24.8. The number of nitrogen functional groups attached to an aromatic ring is 2. The lowest BCUT2D eigenvalue weighted by Crippen LogP contribution is -2.33. The molecule has 0 aliphatic heterocycles. The summed E-state index contributed by atoms with van der Waals surface area (Å²) >= 11 is 0. The molecule has 1 aliphatic carbocycles. The molecule has 5 aromatic rings. The lowest BCUT2D eigenvalue weighted by atomic mass is 9.62. The molecule has 0 unspecified atom stereocenters. The maximum atomic E-state index is 6.11. The van der Waals surface area contributed by atoms with E-state index in [0.717, 1.165) is 60.1 Å². The third kappa shape index (κ3) is 6.70. The van der Waals surface area contributed by atoms with Gasteiger partial charge >= 0.3 is 0 Å². The SMILES string of the molecule is CCc1ccc(CC2CCC(c3ccc(Oc4ccc(N)cc4)cc3)(c3ccc(Oc4ccc(N)cc4)cc3)CC2)cc1. The van der Waals surface area contributed by atoms with Crippen LogP contribution in [0.15, 0.2) is 121 Å². The minimum absolute atomic E-state index is 0.0674. The standard InChI is InChI=1S/C39H40N2O2/c1-2-28-3-5-29(6-4-28)27-30-23-25-39(26-24-30,31-7-15-35(16-8-31)42-37-19-11-33(40)12-20-37)32-9-17-36(18-10-32)43-38-21-13-34(41)14-22-38/h3-22,30H,2,23-27,40-41H2,1H3. The molecule has 0 amide bonds. The first-order valence-electron chi connectivity index (χ1n) is 15.3. The summed E-state index contributed by atoms with van der Waals surface area (Å²) in [6, 6.07) is 41.6. The van der Waals surface area contributed by atoms with E-state index in [1.165, 1.54) is 35.1 Å². The summed E-state index contributed by atoms with van der Waals surface area (Å²) in [4.78, 5) is 0. The molecular weight excluding hydrogens is 528 g/mol. The van der Waals surface area contributed by atoms with Crippen molar-refractivity contribution in [3.8, 4) is 23.0 Å². The fourth-order valence-corrected chi connectivity index (χ4v) is 6.39. The maximum Gasteiger partial charge on any atom is 0.127 e. The van der Waals surface area contributed by atoms with Crippen LogP contribution in [-0.4, -0.2) is 0 Å². The number of hydrogen-bond acceptors (Lipinski definition) is 4. The van der Waals surface area contributed by atoms with Crippen molar-refractivity contribution in [2.45, 2.75) is 50.9 Å². The number of rotatable bonds is 9. The number of benzene rings is 5. The molecular formula is C39H40N2O2. The molecule has 0 saturated heterocycles. The van der Waals surface area contributed by atoms with Gasteiger partial charge in [-0.3, -0.25) is 0 Å². The Labute approximate surface area is 255 Å². The Morgan fingerprint density at radius 3 is 1.30 bits per heavy atom. The highest BCUT2D eigenvalue weighted by Crippen LogP contribution is 2.48. The van der Waals surface area contributed by atoms with Crippen LogP contribution >= 0.6 is 0 Å². The fourth-order valence-electron chi connectivity index (χ4n) is 6.39. The van der Waals surface area contributed by atoms with E-state index < -0.39 is 0 Å². The lowest BCUT2D eigenvalue weighted by Gasteiger charge is -2.41. The molecule has 218 valence electrons. The number of hydrogen-bond donors (Lipinski definition) is 2. The molecule has 6 rings (SSSR count).